The van der Waals surface area contributed by atoms with Crippen molar-refractivity contribution in [3.8, 4) is 0 Å². The van der Waals surface area contributed by atoms with Gasteiger partial charge in [-0.1, -0.05) is 20.8 Å². The largest absolute Gasteiger partial charge is 0.342 e. The fourth-order valence-corrected chi connectivity index (χ4v) is 3.09. The van der Waals surface area contributed by atoms with Crippen LogP contribution in [0.15, 0.2) is 0 Å². The molecule has 2 heterocycles. The minimum absolute atomic E-state index is 0.100. The molecule has 1 N–H and O–H groups in total. The van der Waals surface area contributed by atoms with Gasteiger partial charge in [0.2, 0.25) is 5.91 Å². The molecule has 0 aromatic rings. The number of likely N-dealkylation sites (tertiary alicyclic amines) is 1. The van der Waals surface area contributed by atoms with E-state index in [0.717, 1.165) is 39.0 Å². The second-order valence-corrected chi connectivity index (χ2v) is 6.35. The number of nitrogens with one attached hydrogen (secondary N) is 1. The summed E-state index contributed by atoms with van der Waals surface area (Å²) in [6.07, 6.45) is 3.18. The van der Waals surface area contributed by atoms with E-state index >= 15 is 0 Å². The van der Waals surface area contributed by atoms with Crippen LogP contribution in [0, 0.1) is 17.3 Å². The first kappa shape index (κ1) is 12.9. The van der Waals surface area contributed by atoms with Gasteiger partial charge in [0, 0.05) is 18.5 Å². The Labute approximate surface area is 105 Å². The van der Waals surface area contributed by atoms with E-state index in [1.165, 1.54) is 6.42 Å². The van der Waals surface area contributed by atoms with Crippen LogP contribution in [0.1, 0.15) is 40.0 Å². The van der Waals surface area contributed by atoms with Gasteiger partial charge in [-0.2, -0.15) is 0 Å². The van der Waals surface area contributed by atoms with E-state index in [9.17, 15) is 4.79 Å². The summed E-state index contributed by atoms with van der Waals surface area (Å²) in [6.45, 7) is 10.6. The second-order valence-electron chi connectivity index (χ2n) is 6.35. The van der Waals surface area contributed by atoms with E-state index in [2.05, 4.69) is 31.0 Å². The second kappa shape index (κ2) is 4.97. The highest BCUT2D eigenvalue weighted by molar-refractivity contribution is 5.82. The Morgan fingerprint density at radius 3 is 2.53 bits per heavy atom. The quantitative estimate of drug-likeness (QED) is 0.796. The first-order chi connectivity index (χ1) is 8.03. The molecule has 2 aliphatic heterocycles. The van der Waals surface area contributed by atoms with E-state index in [1.54, 1.807) is 0 Å². The normalized spacial score (nSPS) is 28.7. The van der Waals surface area contributed by atoms with Gasteiger partial charge in [-0.25, -0.2) is 0 Å². The molecule has 1 amide bonds. The van der Waals surface area contributed by atoms with Gasteiger partial charge in [0.15, 0.2) is 0 Å². The van der Waals surface area contributed by atoms with Gasteiger partial charge in [0.05, 0.1) is 0 Å². The fourth-order valence-electron chi connectivity index (χ4n) is 3.09. The summed E-state index contributed by atoms with van der Waals surface area (Å²) >= 11 is 0. The molecule has 98 valence electrons. The standard InChI is InChI=1S/C14H26N2O/c1-11(2)12-4-9-16(10-12)13(17)14(3)5-7-15-8-6-14/h11-12,15H,4-10H2,1-3H3. The summed E-state index contributed by atoms with van der Waals surface area (Å²) in [5, 5.41) is 3.34. The number of hydrogen-bond donors (Lipinski definition) is 1. The van der Waals surface area contributed by atoms with Gasteiger partial charge in [0.1, 0.15) is 0 Å². The summed E-state index contributed by atoms with van der Waals surface area (Å²) < 4.78 is 0. The van der Waals surface area contributed by atoms with Gasteiger partial charge in [-0.15, -0.1) is 0 Å². The lowest BCUT2D eigenvalue weighted by Gasteiger charge is -2.36. The Kier molecular flexibility index (Phi) is 3.76. The maximum atomic E-state index is 12.6. The van der Waals surface area contributed by atoms with Crippen LogP contribution < -0.4 is 5.32 Å². The Hall–Kier alpha value is -0.570. The Morgan fingerprint density at radius 1 is 1.35 bits per heavy atom. The lowest BCUT2D eigenvalue weighted by atomic mass is 9.79. The molecule has 2 saturated heterocycles. The summed E-state index contributed by atoms with van der Waals surface area (Å²) in [6, 6.07) is 0. The smallest absolute Gasteiger partial charge is 0.228 e. The summed E-state index contributed by atoms with van der Waals surface area (Å²) in [7, 11) is 0. The van der Waals surface area contributed by atoms with Crippen molar-refractivity contribution in [2.75, 3.05) is 26.2 Å². The summed E-state index contributed by atoms with van der Waals surface area (Å²) in [4.78, 5) is 14.7. The van der Waals surface area contributed by atoms with Crippen LogP contribution in [0.4, 0.5) is 0 Å². The Morgan fingerprint density at radius 2 is 2.00 bits per heavy atom. The molecule has 1 atom stereocenters. The third-order valence-electron chi connectivity index (χ3n) is 4.68. The van der Waals surface area contributed by atoms with Crippen molar-refractivity contribution in [3.05, 3.63) is 0 Å². The van der Waals surface area contributed by atoms with E-state index < -0.39 is 0 Å². The van der Waals surface area contributed by atoms with Crippen molar-refractivity contribution in [1.82, 2.24) is 10.2 Å². The molecule has 0 aliphatic carbocycles. The van der Waals surface area contributed by atoms with Crippen molar-refractivity contribution >= 4 is 5.91 Å². The first-order valence-corrected chi connectivity index (χ1v) is 7.03. The molecule has 2 fully saturated rings. The number of carbonyl (C=O) groups is 1. The van der Waals surface area contributed by atoms with E-state index in [-0.39, 0.29) is 5.41 Å². The summed E-state index contributed by atoms with van der Waals surface area (Å²) in [5.41, 5.74) is -0.100. The SMILES string of the molecule is CC(C)C1CCN(C(=O)C2(C)CCNCC2)C1. The average Bonchev–Trinajstić information content (AvgIpc) is 2.78. The number of piperidine rings is 1. The van der Waals surface area contributed by atoms with Gasteiger partial charge in [-0.05, 0) is 44.2 Å². The van der Waals surface area contributed by atoms with Crippen molar-refractivity contribution in [1.29, 1.82) is 0 Å². The predicted octanol–water partition coefficient (Wildman–Crippen LogP) is 1.88. The van der Waals surface area contributed by atoms with Crippen LogP contribution in [-0.4, -0.2) is 37.0 Å². The molecular weight excluding hydrogens is 212 g/mol. The number of hydrogen-bond acceptors (Lipinski definition) is 2. The van der Waals surface area contributed by atoms with Crippen molar-refractivity contribution in [2.45, 2.75) is 40.0 Å². The molecule has 0 aromatic heterocycles. The molecule has 3 heteroatoms. The number of amides is 1. The molecule has 2 rings (SSSR count). The molecule has 3 nitrogen and oxygen atoms in total. The van der Waals surface area contributed by atoms with Gasteiger partial charge >= 0.3 is 0 Å². The highest BCUT2D eigenvalue weighted by Crippen LogP contribution is 2.33. The predicted molar refractivity (Wildman–Crippen MR) is 69.7 cm³/mol. The fraction of sp³-hybridized carbons (Fsp3) is 0.929. The van der Waals surface area contributed by atoms with E-state index in [0.29, 0.717) is 17.7 Å². The molecule has 0 aromatic carbocycles. The molecule has 2 aliphatic rings. The lowest BCUT2D eigenvalue weighted by Crippen LogP contribution is -2.47. The lowest BCUT2D eigenvalue weighted by molar-refractivity contribution is -0.141. The highest BCUT2D eigenvalue weighted by Gasteiger charge is 2.40. The zero-order chi connectivity index (χ0) is 12.5. The average molecular weight is 238 g/mol. The summed E-state index contributed by atoms with van der Waals surface area (Å²) in [5.74, 6) is 1.82. The highest BCUT2D eigenvalue weighted by atomic mass is 16.2. The molecule has 0 radical (unpaired) electrons. The van der Waals surface area contributed by atoms with E-state index in [1.807, 2.05) is 0 Å². The zero-order valence-electron chi connectivity index (χ0n) is 11.5. The number of rotatable bonds is 2. The molecule has 0 bridgehead atoms. The maximum Gasteiger partial charge on any atom is 0.228 e. The third kappa shape index (κ3) is 2.65. The van der Waals surface area contributed by atoms with Gasteiger partial charge in [-0.3, -0.25) is 4.79 Å². The molecule has 0 saturated carbocycles. The van der Waals surface area contributed by atoms with Crippen molar-refractivity contribution < 1.29 is 4.79 Å². The molecule has 0 spiro atoms. The third-order valence-corrected chi connectivity index (χ3v) is 4.68. The monoisotopic (exact) mass is 238 g/mol. The van der Waals surface area contributed by atoms with Crippen molar-refractivity contribution in [2.24, 2.45) is 17.3 Å². The molecule has 17 heavy (non-hydrogen) atoms. The zero-order valence-corrected chi connectivity index (χ0v) is 11.5. The van der Waals surface area contributed by atoms with Gasteiger partial charge < -0.3 is 10.2 Å². The van der Waals surface area contributed by atoms with Crippen molar-refractivity contribution in [3.63, 3.8) is 0 Å². The van der Waals surface area contributed by atoms with Gasteiger partial charge in [0.25, 0.3) is 0 Å². The molecular formula is C14H26N2O. The first-order valence-electron chi connectivity index (χ1n) is 7.03. The van der Waals surface area contributed by atoms with Crippen LogP contribution in [0.25, 0.3) is 0 Å². The maximum absolute atomic E-state index is 12.6. The Balaban J connectivity index is 1.96. The van der Waals surface area contributed by atoms with Crippen LogP contribution in [0.3, 0.4) is 0 Å². The van der Waals surface area contributed by atoms with Crippen LogP contribution in [-0.2, 0) is 4.79 Å². The number of nitrogens with zero attached hydrogens (tertiary/aromatic N) is 1. The molecule has 1 unspecified atom stereocenters. The van der Waals surface area contributed by atoms with Crippen LogP contribution >= 0.6 is 0 Å². The Bertz CT molecular complexity index is 282. The van der Waals surface area contributed by atoms with Crippen LogP contribution in [0.2, 0.25) is 0 Å². The van der Waals surface area contributed by atoms with Crippen LogP contribution in [0.5, 0.6) is 0 Å². The number of carbonyl (C=O) groups excluding carboxylic acids is 1. The minimum Gasteiger partial charge on any atom is -0.342 e. The van der Waals surface area contributed by atoms with E-state index in [4.69, 9.17) is 0 Å². The minimum atomic E-state index is -0.100. The topological polar surface area (TPSA) is 32.3 Å².